The second kappa shape index (κ2) is 5.22. The fraction of sp³-hybridized carbons (Fsp3) is 0.250. The van der Waals surface area contributed by atoms with Gasteiger partial charge in [0.05, 0.1) is 6.54 Å². The minimum absolute atomic E-state index is 0.0413. The van der Waals surface area contributed by atoms with Crippen molar-refractivity contribution >= 4 is 39.3 Å². The van der Waals surface area contributed by atoms with Crippen LogP contribution in [-0.2, 0) is 6.54 Å². The summed E-state index contributed by atoms with van der Waals surface area (Å²) in [6.07, 6.45) is 1.69. The molecule has 0 atom stereocenters. The van der Waals surface area contributed by atoms with Gasteiger partial charge in [-0.2, -0.15) is 9.38 Å². The van der Waals surface area contributed by atoms with Crippen LogP contribution < -0.4 is 4.90 Å². The number of nitro groups is 1. The summed E-state index contributed by atoms with van der Waals surface area (Å²) >= 11 is 3.04. The Morgan fingerprint density at radius 3 is 2.95 bits per heavy atom. The van der Waals surface area contributed by atoms with Crippen LogP contribution in [0.15, 0.2) is 29.1 Å². The molecular weight excluding hydrogens is 296 g/mol. The molecule has 0 aromatic carbocycles. The molecule has 3 aromatic heterocycles. The van der Waals surface area contributed by atoms with Crippen molar-refractivity contribution in [2.45, 2.75) is 13.5 Å². The van der Waals surface area contributed by atoms with Crippen LogP contribution in [0.2, 0.25) is 0 Å². The molecular formula is C12H12N4O2S2. The van der Waals surface area contributed by atoms with Gasteiger partial charge >= 0.3 is 5.82 Å². The highest BCUT2D eigenvalue weighted by atomic mass is 32.1. The summed E-state index contributed by atoms with van der Waals surface area (Å²) in [6.45, 7) is 3.29. The third kappa shape index (κ3) is 2.16. The quantitative estimate of drug-likeness (QED) is 0.535. The van der Waals surface area contributed by atoms with Gasteiger partial charge in [0.1, 0.15) is 6.20 Å². The van der Waals surface area contributed by atoms with Gasteiger partial charge in [-0.25, -0.2) is 0 Å². The molecule has 0 fully saturated rings. The maximum Gasteiger partial charge on any atom is 0.373 e. The number of thiazole rings is 1. The lowest BCUT2D eigenvalue weighted by atomic mass is 10.4. The number of fused-ring (bicyclic) bond motifs is 1. The minimum atomic E-state index is -0.362. The molecule has 0 aliphatic carbocycles. The molecule has 0 amide bonds. The Morgan fingerprint density at radius 1 is 1.45 bits per heavy atom. The summed E-state index contributed by atoms with van der Waals surface area (Å²) in [5.74, 6) is 0.484. The lowest BCUT2D eigenvalue weighted by Gasteiger charge is -2.18. The number of anilines is 1. The Kier molecular flexibility index (Phi) is 3.41. The van der Waals surface area contributed by atoms with Crippen molar-refractivity contribution < 1.29 is 4.92 Å². The zero-order valence-corrected chi connectivity index (χ0v) is 12.4. The molecule has 6 nitrogen and oxygen atoms in total. The van der Waals surface area contributed by atoms with Gasteiger partial charge in [0.25, 0.3) is 4.96 Å². The lowest BCUT2D eigenvalue weighted by molar-refractivity contribution is -0.389. The van der Waals surface area contributed by atoms with E-state index in [1.54, 1.807) is 22.9 Å². The van der Waals surface area contributed by atoms with Crippen LogP contribution in [0.25, 0.3) is 4.96 Å². The van der Waals surface area contributed by atoms with E-state index < -0.39 is 0 Å². The fourth-order valence-corrected chi connectivity index (χ4v) is 3.50. The second-order valence-corrected chi connectivity index (χ2v) is 6.07. The first-order valence-electron chi connectivity index (χ1n) is 6.08. The molecule has 3 heterocycles. The van der Waals surface area contributed by atoms with Crippen molar-refractivity contribution in [2.75, 3.05) is 11.4 Å². The van der Waals surface area contributed by atoms with Gasteiger partial charge in [0.15, 0.2) is 0 Å². The van der Waals surface area contributed by atoms with E-state index in [4.69, 9.17) is 0 Å². The van der Waals surface area contributed by atoms with E-state index in [-0.39, 0.29) is 10.7 Å². The first kappa shape index (κ1) is 13.1. The normalized spacial score (nSPS) is 11.1. The summed E-state index contributed by atoms with van der Waals surface area (Å²) in [5.41, 5.74) is 0. The van der Waals surface area contributed by atoms with E-state index in [2.05, 4.69) is 4.98 Å². The van der Waals surface area contributed by atoms with E-state index in [1.165, 1.54) is 15.7 Å². The Bertz CT molecular complexity index is 732. The lowest BCUT2D eigenvalue weighted by Crippen LogP contribution is -2.22. The van der Waals surface area contributed by atoms with E-state index in [9.17, 15) is 10.1 Å². The van der Waals surface area contributed by atoms with Gasteiger partial charge in [-0.3, -0.25) is 0 Å². The molecule has 3 rings (SSSR count). The number of rotatable bonds is 5. The molecule has 0 spiro atoms. The Morgan fingerprint density at radius 2 is 2.30 bits per heavy atom. The maximum absolute atomic E-state index is 11.3. The number of hydrogen-bond donors (Lipinski definition) is 0. The highest BCUT2D eigenvalue weighted by molar-refractivity contribution is 7.15. The van der Waals surface area contributed by atoms with E-state index in [0.29, 0.717) is 23.9 Å². The molecule has 0 bridgehead atoms. The smallest absolute Gasteiger partial charge is 0.358 e. The van der Waals surface area contributed by atoms with Gasteiger partial charge < -0.3 is 15.0 Å². The summed E-state index contributed by atoms with van der Waals surface area (Å²) < 4.78 is 1.54. The molecule has 0 radical (unpaired) electrons. The van der Waals surface area contributed by atoms with Crippen molar-refractivity contribution in [3.05, 3.63) is 44.1 Å². The predicted octanol–water partition coefficient (Wildman–Crippen LogP) is 3.39. The van der Waals surface area contributed by atoms with Crippen molar-refractivity contribution in [1.29, 1.82) is 0 Å². The molecule has 0 unspecified atom stereocenters. The van der Waals surface area contributed by atoms with Gasteiger partial charge in [0, 0.05) is 16.8 Å². The molecule has 104 valence electrons. The Labute approximate surface area is 123 Å². The Balaban J connectivity index is 2.04. The highest BCUT2D eigenvalue weighted by Gasteiger charge is 2.27. The summed E-state index contributed by atoms with van der Waals surface area (Å²) in [7, 11) is 0. The number of nitrogens with zero attached hydrogens (tertiary/aromatic N) is 4. The zero-order chi connectivity index (χ0) is 14.1. The highest BCUT2D eigenvalue weighted by Crippen LogP contribution is 2.32. The van der Waals surface area contributed by atoms with Gasteiger partial charge in [-0.15, -0.1) is 11.3 Å². The first-order valence-corrected chi connectivity index (χ1v) is 7.84. The summed E-state index contributed by atoms with van der Waals surface area (Å²) in [4.78, 5) is 19.1. The number of aromatic nitrogens is 2. The molecule has 8 heteroatoms. The average molecular weight is 308 g/mol. The standard InChI is InChI=1S/C12H12N4O2S2/c1-2-14(8-9-4-3-6-19-9)10-11(16(17)18)15-5-7-20-12(15)13-10/h3-7H,2,8H2,1H3. The van der Waals surface area contributed by atoms with Crippen LogP contribution in [0.1, 0.15) is 11.8 Å². The van der Waals surface area contributed by atoms with Crippen molar-refractivity contribution in [3.63, 3.8) is 0 Å². The molecule has 0 saturated heterocycles. The van der Waals surface area contributed by atoms with Crippen LogP contribution in [-0.4, -0.2) is 20.9 Å². The third-order valence-corrected chi connectivity index (χ3v) is 4.62. The molecule has 0 aliphatic heterocycles. The topological polar surface area (TPSA) is 63.7 Å². The van der Waals surface area contributed by atoms with E-state index in [1.807, 2.05) is 29.3 Å². The number of hydrogen-bond acceptors (Lipinski definition) is 6. The maximum atomic E-state index is 11.3. The van der Waals surface area contributed by atoms with Crippen molar-refractivity contribution in [1.82, 2.24) is 9.38 Å². The second-order valence-electron chi connectivity index (χ2n) is 4.17. The van der Waals surface area contributed by atoms with Crippen LogP contribution in [0, 0.1) is 10.1 Å². The predicted molar refractivity (Wildman–Crippen MR) is 80.8 cm³/mol. The van der Waals surface area contributed by atoms with Gasteiger partial charge in [-0.1, -0.05) is 17.4 Å². The molecule has 0 aliphatic rings. The molecule has 0 N–H and O–H groups in total. The van der Waals surface area contributed by atoms with Crippen LogP contribution >= 0.6 is 22.7 Å². The number of imidazole rings is 1. The fourth-order valence-electron chi connectivity index (χ4n) is 2.07. The van der Waals surface area contributed by atoms with Gasteiger partial charge in [0.2, 0.25) is 5.82 Å². The average Bonchev–Trinajstić information content (AvgIpc) is 3.11. The van der Waals surface area contributed by atoms with Crippen LogP contribution in [0.3, 0.4) is 0 Å². The molecule has 3 aromatic rings. The van der Waals surface area contributed by atoms with Crippen molar-refractivity contribution in [2.24, 2.45) is 0 Å². The minimum Gasteiger partial charge on any atom is -0.358 e. The van der Waals surface area contributed by atoms with E-state index in [0.717, 1.165) is 4.88 Å². The largest absolute Gasteiger partial charge is 0.373 e. The zero-order valence-electron chi connectivity index (χ0n) is 10.7. The van der Waals surface area contributed by atoms with Crippen LogP contribution in [0.5, 0.6) is 0 Å². The SMILES string of the molecule is CCN(Cc1cccs1)c1nc2sccn2c1[N+](=O)[O-]. The van der Waals surface area contributed by atoms with Crippen molar-refractivity contribution in [3.8, 4) is 0 Å². The first-order chi connectivity index (χ1) is 9.70. The number of thiophene rings is 1. The summed E-state index contributed by atoms with van der Waals surface area (Å²) in [6, 6.07) is 4.01. The monoisotopic (exact) mass is 308 g/mol. The third-order valence-electron chi connectivity index (χ3n) is 3.00. The molecule has 0 saturated carbocycles. The summed E-state index contributed by atoms with van der Waals surface area (Å²) in [5, 5.41) is 15.1. The van der Waals surface area contributed by atoms with Gasteiger partial charge in [-0.05, 0) is 23.3 Å². The van der Waals surface area contributed by atoms with Crippen LogP contribution in [0.4, 0.5) is 11.6 Å². The Hall–Kier alpha value is -1.93. The molecule has 20 heavy (non-hydrogen) atoms. The van der Waals surface area contributed by atoms with E-state index >= 15 is 0 Å².